The van der Waals surface area contributed by atoms with Gasteiger partial charge < -0.3 is 25.5 Å². The van der Waals surface area contributed by atoms with E-state index in [1.54, 1.807) is 6.92 Å². The molecule has 0 saturated carbocycles. The Kier molecular flexibility index (Phi) is 2.10. The summed E-state index contributed by atoms with van der Waals surface area (Å²) in [5.74, 6) is -3.81. The summed E-state index contributed by atoms with van der Waals surface area (Å²) < 4.78 is 0. The van der Waals surface area contributed by atoms with E-state index in [4.69, 9.17) is 15.3 Å². The van der Waals surface area contributed by atoms with E-state index in [0.717, 1.165) is 0 Å². The van der Waals surface area contributed by atoms with Gasteiger partial charge in [0, 0.05) is 5.56 Å². The van der Waals surface area contributed by atoms with Crippen molar-refractivity contribution < 1.29 is 25.5 Å². The first-order chi connectivity index (χ1) is 6.00. The van der Waals surface area contributed by atoms with E-state index in [1.807, 2.05) is 0 Å². The van der Waals surface area contributed by atoms with Crippen molar-refractivity contribution in [3.8, 4) is 28.7 Å². The van der Waals surface area contributed by atoms with Gasteiger partial charge in [-0.1, -0.05) is 6.92 Å². The second-order valence-electron chi connectivity index (χ2n) is 2.58. The van der Waals surface area contributed by atoms with E-state index in [2.05, 4.69) is 0 Å². The van der Waals surface area contributed by atoms with Crippen LogP contribution in [0.5, 0.6) is 28.7 Å². The Balaban J connectivity index is 3.56. The Morgan fingerprint density at radius 1 is 0.692 bits per heavy atom. The summed E-state index contributed by atoms with van der Waals surface area (Å²) in [5, 5.41) is 45.5. The molecule has 1 aromatic rings. The van der Waals surface area contributed by atoms with Crippen LogP contribution in [0.3, 0.4) is 0 Å². The van der Waals surface area contributed by atoms with Gasteiger partial charge >= 0.3 is 0 Å². The number of phenols is 5. The zero-order valence-electron chi connectivity index (χ0n) is 6.94. The average Bonchev–Trinajstić information content (AvgIpc) is 2.13. The Morgan fingerprint density at radius 3 is 1.31 bits per heavy atom. The lowest BCUT2D eigenvalue weighted by atomic mass is 10.1. The number of rotatable bonds is 1. The van der Waals surface area contributed by atoms with Crippen molar-refractivity contribution in [2.75, 3.05) is 0 Å². The lowest BCUT2D eigenvalue weighted by Gasteiger charge is -2.10. The van der Waals surface area contributed by atoms with Gasteiger partial charge in [0.05, 0.1) is 0 Å². The summed E-state index contributed by atoms with van der Waals surface area (Å²) in [6.07, 6.45) is 0.221. The molecule has 0 aliphatic rings. The Bertz CT molecular complexity index is 316. The lowest BCUT2D eigenvalue weighted by molar-refractivity contribution is 0.324. The molecule has 13 heavy (non-hydrogen) atoms. The standard InChI is InChI=1S/C8H10O5/c1-2-3-4(9)6(11)8(13)7(12)5(3)10/h9-13H,2H2,1H3. The summed E-state index contributed by atoms with van der Waals surface area (Å²) >= 11 is 0. The van der Waals surface area contributed by atoms with E-state index in [9.17, 15) is 10.2 Å². The van der Waals surface area contributed by atoms with Crippen LogP contribution in [0.2, 0.25) is 0 Å². The fourth-order valence-electron chi connectivity index (χ4n) is 1.07. The summed E-state index contributed by atoms with van der Waals surface area (Å²) in [4.78, 5) is 0. The van der Waals surface area contributed by atoms with Crippen LogP contribution >= 0.6 is 0 Å². The summed E-state index contributed by atoms with van der Waals surface area (Å²) in [7, 11) is 0. The topological polar surface area (TPSA) is 101 Å². The molecule has 5 heteroatoms. The van der Waals surface area contributed by atoms with Crippen LogP contribution in [-0.2, 0) is 6.42 Å². The van der Waals surface area contributed by atoms with Crippen molar-refractivity contribution in [2.24, 2.45) is 0 Å². The van der Waals surface area contributed by atoms with Gasteiger partial charge in [-0.3, -0.25) is 0 Å². The van der Waals surface area contributed by atoms with Crippen molar-refractivity contribution in [3.63, 3.8) is 0 Å². The van der Waals surface area contributed by atoms with Gasteiger partial charge in [-0.2, -0.15) is 0 Å². The number of phenolic OH excluding ortho intramolecular Hbond substituents is 5. The van der Waals surface area contributed by atoms with Crippen LogP contribution in [-0.4, -0.2) is 25.5 Å². The minimum Gasteiger partial charge on any atom is -0.504 e. The van der Waals surface area contributed by atoms with Gasteiger partial charge in [0.25, 0.3) is 0 Å². The molecule has 0 unspecified atom stereocenters. The molecular weight excluding hydrogens is 176 g/mol. The predicted octanol–water partition coefficient (Wildman–Crippen LogP) is 0.777. The van der Waals surface area contributed by atoms with Crippen LogP contribution in [0.25, 0.3) is 0 Å². The monoisotopic (exact) mass is 186 g/mol. The first kappa shape index (κ1) is 9.31. The number of hydrogen-bond acceptors (Lipinski definition) is 5. The maximum Gasteiger partial charge on any atom is 0.208 e. The maximum atomic E-state index is 9.20. The smallest absolute Gasteiger partial charge is 0.208 e. The largest absolute Gasteiger partial charge is 0.504 e. The molecule has 1 rings (SSSR count). The molecule has 0 heterocycles. The summed E-state index contributed by atoms with van der Waals surface area (Å²) in [5.41, 5.74) is -0.00667. The average molecular weight is 186 g/mol. The summed E-state index contributed by atoms with van der Waals surface area (Å²) in [6.45, 7) is 1.62. The van der Waals surface area contributed by atoms with Gasteiger partial charge in [0.1, 0.15) is 0 Å². The quantitative estimate of drug-likeness (QED) is 0.329. The molecule has 1 aromatic carbocycles. The molecule has 0 saturated heterocycles. The van der Waals surface area contributed by atoms with Gasteiger partial charge in [-0.25, -0.2) is 0 Å². The van der Waals surface area contributed by atoms with E-state index < -0.39 is 28.7 Å². The molecule has 0 radical (unpaired) electrons. The lowest BCUT2D eigenvalue weighted by Crippen LogP contribution is -1.85. The first-order valence-corrected chi connectivity index (χ1v) is 3.68. The third-order valence-corrected chi connectivity index (χ3v) is 1.82. The predicted molar refractivity (Wildman–Crippen MR) is 44.1 cm³/mol. The van der Waals surface area contributed by atoms with E-state index in [0.29, 0.717) is 0 Å². The van der Waals surface area contributed by atoms with Crippen LogP contribution in [0.15, 0.2) is 0 Å². The van der Waals surface area contributed by atoms with Gasteiger partial charge in [-0.15, -0.1) is 0 Å². The molecule has 5 N–H and O–H groups in total. The minimum absolute atomic E-state index is 0.00667. The normalized spacial score (nSPS) is 10.2. The molecule has 0 spiro atoms. The molecule has 0 aliphatic heterocycles. The van der Waals surface area contributed by atoms with Crippen molar-refractivity contribution in [3.05, 3.63) is 5.56 Å². The van der Waals surface area contributed by atoms with E-state index >= 15 is 0 Å². The number of aromatic hydroxyl groups is 5. The van der Waals surface area contributed by atoms with Crippen molar-refractivity contribution in [2.45, 2.75) is 13.3 Å². The van der Waals surface area contributed by atoms with E-state index in [-0.39, 0.29) is 12.0 Å². The van der Waals surface area contributed by atoms with Crippen LogP contribution in [0.4, 0.5) is 0 Å². The highest BCUT2D eigenvalue weighted by atomic mass is 16.4. The third-order valence-electron chi connectivity index (χ3n) is 1.82. The molecule has 0 aliphatic carbocycles. The third kappa shape index (κ3) is 1.18. The van der Waals surface area contributed by atoms with Crippen LogP contribution < -0.4 is 0 Å². The van der Waals surface area contributed by atoms with Gasteiger partial charge in [-0.05, 0) is 6.42 Å². The highest BCUT2D eigenvalue weighted by molar-refractivity contribution is 5.67. The number of benzene rings is 1. The Labute approximate surface area is 74.1 Å². The van der Waals surface area contributed by atoms with Crippen molar-refractivity contribution >= 4 is 0 Å². The maximum absolute atomic E-state index is 9.20. The molecule has 0 atom stereocenters. The SMILES string of the molecule is CCc1c(O)c(O)c(O)c(O)c1O. The molecular formula is C8H10O5. The highest BCUT2D eigenvalue weighted by Gasteiger charge is 2.21. The molecule has 0 aromatic heterocycles. The molecule has 0 fully saturated rings. The van der Waals surface area contributed by atoms with E-state index in [1.165, 1.54) is 0 Å². The second-order valence-corrected chi connectivity index (χ2v) is 2.58. The van der Waals surface area contributed by atoms with Crippen LogP contribution in [0, 0.1) is 0 Å². The molecule has 0 amide bonds. The fraction of sp³-hybridized carbons (Fsp3) is 0.250. The van der Waals surface area contributed by atoms with Crippen molar-refractivity contribution in [1.82, 2.24) is 0 Å². The minimum atomic E-state index is -0.924. The molecule has 72 valence electrons. The molecule has 0 bridgehead atoms. The Morgan fingerprint density at radius 2 is 1.00 bits per heavy atom. The first-order valence-electron chi connectivity index (χ1n) is 3.68. The molecule has 5 nitrogen and oxygen atoms in total. The summed E-state index contributed by atoms with van der Waals surface area (Å²) in [6, 6.07) is 0. The Hall–Kier alpha value is -1.78. The zero-order valence-corrected chi connectivity index (χ0v) is 6.94. The van der Waals surface area contributed by atoms with Gasteiger partial charge in [0.15, 0.2) is 11.5 Å². The van der Waals surface area contributed by atoms with Gasteiger partial charge in [0.2, 0.25) is 17.2 Å². The fourth-order valence-corrected chi connectivity index (χ4v) is 1.07. The second kappa shape index (κ2) is 2.93. The zero-order chi connectivity index (χ0) is 10.2. The van der Waals surface area contributed by atoms with Crippen molar-refractivity contribution in [1.29, 1.82) is 0 Å². The number of hydrogen-bond donors (Lipinski definition) is 5. The van der Waals surface area contributed by atoms with Crippen LogP contribution in [0.1, 0.15) is 12.5 Å². The highest BCUT2D eigenvalue weighted by Crippen LogP contribution is 2.50.